The van der Waals surface area contributed by atoms with Gasteiger partial charge in [0.05, 0.1) is 0 Å². The van der Waals surface area contributed by atoms with E-state index in [0.717, 1.165) is 0 Å². The van der Waals surface area contributed by atoms with Crippen LogP contribution in [-0.4, -0.2) is 24.6 Å². The van der Waals surface area contributed by atoms with Gasteiger partial charge in [0.15, 0.2) is 0 Å². The van der Waals surface area contributed by atoms with Crippen molar-refractivity contribution in [3.63, 3.8) is 0 Å². The van der Waals surface area contributed by atoms with E-state index >= 15 is 0 Å². The van der Waals surface area contributed by atoms with E-state index in [1.165, 1.54) is 24.6 Å². The molecule has 1 radical (unpaired) electrons. The van der Waals surface area contributed by atoms with E-state index in [2.05, 4.69) is 5.32 Å². The van der Waals surface area contributed by atoms with Gasteiger partial charge in [-0.3, -0.25) is 0 Å². The van der Waals surface area contributed by atoms with E-state index < -0.39 is 0 Å². The largest absolute Gasteiger partial charge is 0.315 e. The fourth-order valence-corrected chi connectivity index (χ4v) is 1.41. The Morgan fingerprint density at radius 1 is 1.17 bits per heavy atom. The number of hydrogen-bond donors (Lipinski definition) is 2. The summed E-state index contributed by atoms with van der Waals surface area (Å²) in [5.74, 6) is 2.72. The smallest absolute Gasteiger partial charge is 0.00325 e. The predicted octanol–water partition coefficient (Wildman–Crippen LogP) is 0.0551. The van der Waals surface area contributed by atoms with Crippen LogP contribution < -0.4 is 5.32 Å². The zero-order chi connectivity index (χ0) is 4.24. The van der Waals surface area contributed by atoms with Crippen molar-refractivity contribution in [2.24, 2.45) is 0 Å². The Balaban J connectivity index is 2.00. The summed E-state index contributed by atoms with van der Waals surface area (Å²) in [6.07, 6.45) is 0. The first-order chi connectivity index (χ1) is 3.00. The predicted molar refractivity (Wildman–Crippen MR) is 31.6 cm³/mol. The topological polar surface area (TPSA) is 12.0 Å². The highest BCUT2D eigenvalue weighted by Crippen LogP contribution is 1.99. The van der Waals surface area contributed by atoms with Crippen LogP contribution in [0.2, 0.25) is 0 Å². The molecule has 1 aliphatic heterocycles. The molecule has 1 N–H and O–H groups in total. The second-order valence-electron chi connectivity index (χ2n) is 1.42. The lowest BCUT2D eigenvalue weighted by molar-refractivity contribution is 0.756. The molecule has 1 aliphatic rings. The van der Waals surface area contributed by atoms with Gasteiger partial charge in [-0.2, -0.15) is 0 Å². The van der Waals surface area contributed by atoms with E-state index in [-0.39, 0.29) is 0 Å². The highest BCUT2D eigenvalue weighted by atomic mass is 32.2. The van der Waals surface area contributed by atoms with Crippen LogP contribution in [0.1, 0.15) is 0 Å². The van der Waals surface area contributed by atoms with E-state index in [1.54, 1.807) is 11.8 Å². The lowest BCUT2D eigenvalue weighted by Crippen LogP contribution is -2.24. The van der Waals surface area contributed by atoms with Gasteiger partial charge in [0.1, 0.15) is 0 Å². The standard InChI is InChI=1S/C4H10NS/c1-3-6-4-2-5-1/h5-6H,1-4H2. The molecule has 0 aromatic rings. The average Bonchev–Trinajstić information content (AvgIpc) is 1.72. The van der Waals surface area contributed by atoms with Gasteiger partial charge in [0.25, 0.3) is 0 Å². The third kappa shape index (κ3) is 1.19. The average molecular weight is 104 g/mol. The van der Waals surface area contributed by atoms with Gasteiger partial charge in [-0.15, -0.1) is 0 Å². The van der Waals surface area contributed by atoms with Gasteiger partial charge in [-0.25, -0.2) is 11.8 Å². The monoisotopic (exact) mass is 104 g/mol. The van der Waals surface area contributed by atoms with Crippen LogP contribution >= 0.6 is 11.8 Å². The Bertz CT molecular complexity index is 23.0. The zero-order valence-electron chi connectivity index (χ0n) is 3.78. The van der Waals surface area contributed by atoms with E-state index in [9.17, 15) is 0 Å². The minimum absolute atomic E-state index is 1.24. The number of rotatable bonds is 0. The summed E-state index contributed by atoms with van der Waals surface area (Å²) in [5, 5.41) is 3.28. The molecule has 0 spiro atoms. The summed E-state index contributed by atoms with van der Waals surface area (Å²) in [7, 11) is 0. The first-order valence-electron chi connectivity index (χ1n) is 2.34. The van der Waals surface area contributed by atoms with Crippen molar-refractivity contribution in [3.8, 4) is 0 Å². The van der Waals surface area contributed by atoms with Gasteiger partial charge in [0.2, 0.25) is 0 Å². The van der Waals surface area contributed by atoms with Crippen LogP contribution in [0.4, 0.5) is 0 Å². The van der Waals surface area contributed by atoms with Crippen LogP contribution in [0, 0.1) is 0 Å². The van der Waals surface area contributed by atoms with Crippen LogP contribution in [0.5, 0.6) is 0 Å². The van der Waals surface area contributed by atoms with Crippen LogP contribution in [-0.2, 0) is 0 Å². The number of nitrogens with one attached hydrogen (secondary N) is 1. The van der Waals surface area contributed by atoms with Crippen molar-refractivity contribution < 1.29 is 0 Å². The highest BCUT2D eigenvalue weighted by molar-refractivity contribution is 7.99. The second kappa shape index (κ2) is 2.48. The molecule has 1 rings (SSSR count). The molecule has 0 aromatic carbocycles. The van der Waals surface area contributed by atoms with Crippen molar-refractivity contribution in [2.75, 3.05) is 24.6 Å². The maximum Gasteiger partial charge on any atom is 0.00325 e. The normalized spacial score (nSPS) is 24.0. The molecule has 37 valence electrons. The minimum Gasteiger partial charge on any atom is -0.315 e. The fraction of sp³-hybridized carbons (Fsp3) is 1.00. The first kappa shape index (κ1) is 4.47. The van der Waals surface area contributed by atoms with Crippen LogP contribution in [0.25, 0.3) is 0 Å². The first-order valence-corrected chi connectivity index (χ1v) is 3.60. The zero-order valence-corrected chi connectivity index (χ0v) is 4.67. The van der Waals surface area contributed by atoms with Gasteiger partial charge in [0, 0.05) is 13.1 Å². The Hall–Kier alpha value is 0.310. The minimum atomic E-state index is 1.24. The van der Waals surface area contributed by atoms with E-state index in [1.807, 2.05) is 0 Å². The molecule has 1 fully saturated rings. The second-order valence-corrected chi connectivity index (χ2v) is 2.76. The van der Waals surface area contributed by atoms with Crippen molar-refractivity contribution in [1.29, 1.82) is 0 Å². The molecule has 0 unspecified atom stereocenters. The van der Waals surface area contributed by atoms with Crippen LogP contribution in [0.3, 0.4) is 0 Å². The lowest BCUT2D eigenvalue weighted by Gasteiger charge is -2.10. The highest BCUT2D eigenvalue weighted by Gasteiger charge is 1.92. The van der Waals surface area contributed by atoms with Crippen molar-refractivity contribution in [2.45, 2.75) is 0 Å². The summed E-state index contributed by atoms with van der Waals surface area (Å²) < 4.78 is 0. The molecule has 1 heterocycles. The Kier molecular flexibility index (Phi) is 1.85. The Morgan fingerprint density at radius 2 is 1.83 bits per heavy atom. The van der Waals surface area contributed by atoms with Gasteiger partial charge >= 0.3 is 0 Å². The van der Waals surface area contributed by atoms with Crippen molar-refractivity contribution >= 4 is 11.8 Å². The summed E-state index contributed by atoms with van der Waals surface area (Å²) in [4.78, 5) is 0. The molecule has 1 saturated heterocycles. The molecule has 0 bridgehead atoms. The number of thiol groups is 1. The molecule has 0 atom stereocenters. The molecular formula is C4H10NS. The molecule has 6 heavy (non-hydrogen) atoms. The molecule has 0 saturated carbocycles. The molecule has 2 heteroatoms. The van der Waals surface area contributed by atoms with Crippen LogP contribution in [0.15, 0.2) is 0 Å². The summed E-state index contributed by atoms with van der Waals surface area (Å²) in [6, 6.07) is 0. The molecule has 0 amide bonds. The SMILES string of the molecule is C1C[SH]CCN1. The quantitative estimate of drug-likeness (QED) is 0.414. The Morgan fingerprint density at radius 3 is 2.00 bits per heavy atom. The molecule has 0 aromatic heterocycles. The summed E-state index contributed by atoms with van der Waals surface area (Å²) >= 11 is 1.64. The van der Waals surface area contributed by atoms with Crippen molar-refractivity contribution in [1.82, 2.24) is 5.32 Å². The number of hydrogen-bond acceptors (Lipinski definition) is 1. The summed E-state index contributed by atoms with van der Waals surface area (Å²) in [6.45, 7) is 2.48. The molecular weight excluding hydrogens is 94.1 g/mol. The fourth-order valence-electron chi connectivity index (χ4n) is 0.553. The van der Waals surface area contributed by atoms with Crippen molar-refractivity contribution in [3.05, 3.63) is 0 Å². The van der Waals surface area contributed by atoms with E-state index in [0.29, 0.717) is 0 Å². The third-order valence-electron chi connectivity index (χ3n) is 0.893. The lowest BCUT2D eigenvalue weighted by atomic mass is 10.6. The maximum atomic E-state index is 3.28. The maximum absolute atomic E-state index is 3.28. The third-order valence-corrected chi connectivity index (χ3v) is 1.97. The Labute approximate surface area is 42.5 Å². The summed E-state index contributed by atoms with van der Waals surface area (Å²) in [5.41, 5.74) is 0. The van der Waals surface area contributed by atoms with Gasteiger partial charge < -0.3 is 5.32 Å². The molecule has 0 aliphatic carbocycles. The molecule has 1 nitrogen and oxygen atoms in total. The van der Waals surface area contributed by atoms with Gasteiger partial charge in [-0.1, -0.05) is 0 Å². The van der Waals surface area contributed by atoms with E-state index in [4.69, 9.17) is 0 Å². The van der Waals surface area contributed by atoms with Gasteiger partial charge in [-0.05, 0) is 11.5 Å².